The fraction of sp³-hybridized carbons (Fsp3) is 0.600. The Morgan fingerprint density at radius 2 is 1.76 bits per heavy atom. The third kappa shape index (κ3) is 3.87. The van der Waals surface area contributed by atoms with Gasteiger partial charge in [0.15, 0.2) is 0 Å². The minimum Gasteiger partial charge on any atom is -0.491 e. The van der Waals surface area contributed by atoms with Crippen LogP contribution in [0.25, 0.3) is 0 Å². The van der Waals surface area contributed by atoms with E-state index in [0.29, 0.717) is 12.2 Å². The van der Waals surface area contributed by atoms with Crippen LogP contribution in [0, 0.1) is 19.3 Å². The number of aliphatic hydroxyl groups excluding tert-OH is 1. The molecule has 5 nitrogen and oxygen atoms in total. The first-order valence-electron chi connectivity index (χ1n) is 9.14. The molecule has 136 valence electrons. The van der Waals surface area contributed by atoms with Crippen LogP contribution in [-0.2, 0) is 9.59 Å². The molecule has 1 atom stereocenters. The van der Waals surface area contributed by atoms with Crippen molar-refractivity contribution in [2.75, 3.05) is 13.2 Å². The molecule has 0 radical (unpaired) electrons. The number of aliphatic hydroxyl groups is 1. The van der Waals surface area contributed by atoms with Gasteiger partial charge < -0.3 is 9.84 Å². The number of carbonyl (C=O) groups is 2. The van der Waals surface area contributed by atoms with Crippen LogP contribution >= 0.6 is 0 Å². The van der Waals surface area contributed by atoms with Crippen molar-refractivity contribution >= 4 is 11.8 Å². The van der Waals surface area contributed by atoms with E-state index in [-0.39, 0.29) is 25.0 Å². The third-order valence-corrected chi connectivity index (χ3v) is 5.33. The van der Waals surface area contributed by atoms with Gasteiger partial charge in [-0.3, -0.25) is 14.5 Å². The number of carbonyl (C=O) groups excluding carboxylic acids is 2. The zero-order valence-corrected chi connectivity index (χ0v) is 15.1. The highest BCUT2D eigenvalue weighted by molar-refractivity contribution is 6.06. The van der Waals surface area contributed by atoms with Crippen molar-refractivity contribution in [1.82, 2.24) is 4.90 Å². The van der Waals surface area contributed by atoms with E-state index >= 15 is 0 Å². The number of ether oxygens (including phenoxy) is 1. The van der Waals surface area contributed by atoms with E-state index in [1.54, 1.807) is 0 Å². The first-order chi connectivity index (χ1) is 11.9. The molecule has 1 heterocycles. The van der Waals surface area contributed by atoms with Crippen molar-refractivity contribution in [3.63, 3.8) is 0 Å². The number of imide groups is 1. The van der Waals surface area contributed by atoms with Gasteiger partial charge in [0.1, 0.15) is 18.5 Å². The number of benzene rings is 1. The van der Waals surface area contributed by atoms with Crippen LogP contribution in [0.15, 0.2) is 18.2 Å². The molecular weight excluding hydrogens is 318 g/mol. The number of rotatable bonds is 5. The summed E-state index contributed by atoms with van der Waals surface area (Å²) < 4.78 is 5.65. The topological polar surface area (TPSA) is 66.8 Å². The van der Waals surface area contributed by atoms with E-state index in [0.717, 1.165) is 43.2 Å². The normalized spacial score (nSPS) is 21.0. The van der Waals surface area contributed by atoms with E-state index in [2.05, 4.69) is 6.07 Å². The molecule has 1 aliphatic heterocycles. The van der Waals surface area contributed by atoms with E-state index in [1.165, 1.54) is 4.90 Å². The van der Waals surface area contributed by atoms with Gasteiger partial charge in [0.2, 0.25) is 11.8 Å². The first kappa shape index (κ1) is 17.9. The van der Waals surface area contributed by atoms with Crippen molar-refractivity contribution in [2.24, 2.45) is 5.41 Å². The maximum atomic E-state index is 12.7. The molecule has 2 aliphatic rings. The van der Waals surface area contributed by atoms with Gasteiger partial charge in [-0.15, -0.1) is 0 Å². The molecule has 0 aromatic heterocycles. The molecule has 5 heteroatoms. The van der Waals surface area contributed by atoms with Gasteiger partial charge in [0.05, 0.1) is 12.0 Å². The lowest BCUT2D eigenvalue weighted by Crippen LogP contribution is -2.42. The second-order valence-electron chi connectivity index (χ2n) is 7.62. The van der Waals surface area contributed by atoms with Gasteiger partial charge in [-0.05, 0) is 49.9 Å². The highest BCUT2D eigenvalue weighted by atomic mass is 16.5. The number of β-amino-alcohol motifs (C(OH)–C–C–N with tert-alkyl or cyclic N) is 1. The second kappa shape index (κ2) is 7.16. The number of aryl methyl sites for hydroxylation is 2. The van der Waals surface area contributed by atoms with Gasteiger partial charge in [-0.1, -0.05) is 25.3 Å². The minimum absolute atomic E-state index is 0.0181. The molecule has 2 fully saturated rings. The largest absolute Gasteiger partial charge is 0.491 e. The summed E-state index contributed by atoms with van der Waals surface area (Å²) in [6.45, 7) is 4.06. The van der Waals surface area contributed by atoms with E-state index in [1.807, 2.05) is 26.0 Å². The molecular formula is C20H27NO4. The van der Waals surface area contributed by atoms with Gasteiger partial charge in [0, 0.05) is 6.42 Å². The number of hydrogen-bond acceptors (Lipinski definition) is 4. The predicted molar refractivity (Wildman–Crippen MR) is 94.3 cm³/mol. The Bertz CT molecular complexity index is 643. The van der Waals surface area contributed by atoms with Crippen LogP contribution in [0.3, 0.4) is 0 Å². The molecule has 1 saturated heterocycles. The Hall–Kier alpha value is -1.88. The summed E-state index contributed by atoms with van der Waals surface area (Å²) in [5.74, 6) is 0.444. The molecule has 1 aromatic rings. The molecule has 3 rings (SSSR count). The van der Waals surface area contributed by atoms with Gasteiger partial charge in [-0.25, -0.2) is 0 Å². The molecule has 1 aliphatic carbocycles. The molecule has 1 unspecified atom stereocenters. The van der Waals surface area contributed by atoms with Crippen molar-refractivity contribution in [3.8, 4) is 5.75 Å². The zero-order valence-electron chi connectivity index (χ0n) is 15.1. The zero-order chi connectivity index (χ0) is 18.0. The fourth-order valence-corrected chi connectivity index (χ4v) is 4.14. The standard InChI is InChI=1S/C20H27NO4/c1-14-8-15(2)10-17(9-14)25-13-16(22)12-21-18(23)11-20(19(21)24)6-4-3-5-7-20/h8-10,16,22H,3-7,11-13H2,1-2H3. The first-order valence-corrected chi connectivity index (χ1v) is 9.14. The lowest BCUT2D eigenvalue weighted by Gasteiger charge is -2.30. The number of nitrogens with zero attached hydrogens (tertiary/aromatic N) is 1. The molecule has 0 bridgehead atoms. The van der Waals surface area contributed by atoms with E-state index < -0.39 is 11.5 Å². The van der Waals surface area contributed by atoms with Crippen LogP contribution in [0.5, 0.6) is 5.75 Å². The average molecular weight is 345 g/mol. The predicted octanol–water partition coefficient (Wildman–Crippen LogP) is 2.75. The van der Waals surface area contributed by atoms with Crippen LogP contribution in [0.1, 0.15) is 49.7 Å². The lowest BCUT2D eigenvalue weighted by atomic mass is 9.73. The van der Waals surface area contributed by atoms with Gasteiger partial charge >= 0.3 is 0 Å². The van der Waals surface area contributed by atoms with Crippen molar-refractivity contribution in [2.45, 2.75) is 58.5 Å². The smallest absolute Gasteiger partial charge is 0.235 e. The number of hydrogen-bond donors (Lipinski definition) is 1. The quantitative estimate of drug-likeness (QED) is 0.833. The summed E-state index contributed by atoms with van der Waals surface area (Å²) in [4.78, 5) is 26.3. The van der Waals surface area contributed by atoms with Crippen molar-refractivity contribution in [3.05, 3.63) is 29.3 Å². The van der Waals surface area contributed by atoms with E-state index in [4.69, 9.17) is 4.74 Å². The summed E-state index contributed by atoms with van der Waals surface area (Å²) in [5, 5.41) is 10.3. The number of likely N-dealkylation sites (tertiary alicyclic amines) is 1. The molecule has 1 N–H and O–H groups in total. The van der Waals surface area contributed by atoms with E-state index in [9.17, 15) is 14.7 Å². The molecule has 25 heavy (non-hydrogen) atoms. The Morgan fingerprint density at radius 3 is 2.40 bits per heavy atom. The lowest BCUT2D eigenvalue weighted by molar-refractivity contribution is -0.144. The molecule has 1 saturated carbocycles. The minimum atomic E-state index is -0.882. The average Bonchev–Trinajstić information content (AvgIpc) is 2.77. The fourth-order valence-electron chi connectivity index (χ4n) is 4.14. The summed E-state index contributed by atoms with van der Waals surface area (Å²) in [7, 11) is 0. The summed E-state index contributed by atoms with van der Waals surface area (Å²) in [6, 6.07) is 5.86. The van der Waals surface area contributed by atoms with Gasteiger partial charge in [-0.2, -0.15) is 0 Å². The summed E-state index contributed by atoms with van der Waals surface area (Å²) in [6.07, 6.45) is 4.15. The highest BCUT2D eigenvalue weighted by Gasteiger charge is 2.51. The highest BCUT2D eigenvalue weighted by Crippen LogP contribution is 2.45. The van der Waals surface area contributed by atoms with Crippen LogP contribution in [-0.4, -0.2) is 41.1 Å². The maximum absolute atomic E-state index is 12.7. The Morgan fingerprint density at radius 1 is 1.12 bits per heavy atom. The Labute approximate surface area is 149 Å². The van der Waals surface area contributed by atoms with Crippen molar-refractivity contribution in [1.29, 1.82) is 0 Å². The summed E-state index contributed by atoms with van der Waals surface area (Å²) >= 11 is 0. The van der Waals surface area contributed by atoms with Crippen LogP contribution < -0.4 is 4.74 Å². The SMILES string of the molecule is Cc1cc(C)cc(OCC(O)CN2C(=O)CC3(CCCCC3)C2=O)c1. The van der Waals surface area contributed by atoms with Crippen LogP contribution in [0.4, 0.5) is 0 Å². The summed E-state index contributed by atoms with van der Waals surface area (Å²) in [5.41, 5.74) is 1.69. The molecule has 2 amide bonds. The molecule has 1 aromatic carbocycles. The maximum Gasteiger partial charge on any atom is 0.235 e. The number of amides is 2. The Balaban J connectivity index is 1.58. The third-order valence-electron chi connectivity index (χ3n) is 5.33. The Kier molecular flexibility index (Phi) is 5.13. The second-order valence-corrected chi connectivity index (χ2v) is 7.62. The monoisotopic (exact) mass is 345 g/mol. The molecule has 1 spiro atoms. The van der Waals surface area contributed by atoms with Crippen LogP contribution in [0.2, 0.25) is 0 Å². The van der Waals surface area contributed by atoms with Crippen molar-refractivity contribution < 1.29 is 19.4 Å². The van der Waals surface area contributed by atoms with Gasteiger partial charge in [0.25, 0.3) is 0 Å².